The van der Waals surface area contributed by atoms with E-state index in [1.807, 2.05) is 54.6 Å². The zero-order valence-corrected chi connectivity index (χ0v) is 15.6. The van der Waals surface area contributed by atoms with Crippen molar-refractivity contribution in [3.8, 4) is 0 Å². The molecule has 3 nitrogen and oxygen atoms in total. The van der Waals surface area contributed by atoms with Gasteiger partial charge in [0.1, 0.15) is 0 Å². The van der Waals surface area contributed by atoms with Crippen molar-refractivity contribution in [3.63, 3.8) is 0 Å². The summed E-state index contributed by atoms with van der Waals surface area (Å²) in [5, 5.41) is 8.59. The molecule has 2 N–H and O–H groups in total. The quantitative estimate of drug-likeness (QED) is 0.474. The molecule has 28 heavy (non-hydrogen) atoms. The number of benzene rings is 4. The predicted octanol–water partition coefficient (Wildman–Crippen LogP) is 5.48. The summed E-state index contributed by atoms with van der Waals surface area (Å²) in [7, 11) is 0. The zero-order chi connectivity index (χ0) is 19.2. The average molecular weight is 366 g/mol. The van der Waals surface area contributed by atoms with E-state index in [-0.39, 0.29) is 12.5 Å². The average Bonchev–Trinajstić information content (AvgIpc) is 2.74. The van der Waals surface area contributed by atoms with Gasteiger partial charge in [0.15, 0.2) is 0 Å². The predicted molar refractivity (Wildman–Crippen MR) is 117 cm³/mol. The number of hydrogen-bond acceptors (Lipinski definition) is 2. The van der Waals surface area contributed by atoms with Gasteiger partial charge < -0.3 is 10.6 Å². The van der Waals surface area contributed by atoms with E-state index in [0.717, 1.165) is 28.7 Å². The highest BCUT2D eigenvalue weighted by atomic mass is 16.1. The monoisotopic (exact) mass is 366 g/mol. The van der Waals surface area contributed by atoms with Crippen LogP contribution in [-0.2, 0) is 11.2 Å². The molecule has 4 rings (SSSR count). The fraction of sp³-hybridized carbons (Fsp3) is 0.0800. The molecule has 0 saturated carbocycles. The Morgan fingerprint density at radius 3 is 2.29 bits per heavy atom. The summed E-state index contributed by atoms with van der Waals surface area (Å²) in [6.07, 6.45) is 0.787. The maximum atomic E-state index is 12.5. The van der Waals surface area contributed by atoms with Crippen LogP contribution in [0.25, 0.3) is 10.8 Å². The van der Waals surface area contributed by atoms with Crippen LogP contribution in [0.1, 0.15) is 11.1 Å². The van der Waals surface area contributed by atoms with E-state index in [2.05, 4.69) is 53.1 Å². The van der Waals surface area contributed by atoms with Crippen molar-refractivity contribution in [2.75, 3.05) is 17.2 Å². The van der Waals surface area contributed by atoms with Crippen molar-refractivity contribution in [2.24, 2.45) is 0 Å². The fourth-order valence-corrected chi connectivity index (χ4v) is 3.29. The molecular weight excluding hydrogens is 344 g/mol. The second-order valence-electron chi connectivity index (χ2n) is 6.78. The molecule has 0 spiro atoms. The van der Waals surface area contributed by atoms with Crippen LogP contribution in [0.4, 0.5) is 11.4 Å². The summed E-state index contributed by atoms with van der Waals surface area (Å²) < 4.78 is 0. The van der Waals surface area contributed by atoms with Gasteiger partial charge in [-0.05, 0) is 46.5 Å². The van der Waals surface area contributed by atoms with Crippen molar-refractivity contribution in [2.45, 2.75) is 6.42 Å². The molecule has 0 heterocycles. The Morgan fingerprint density at radius 1 is 0.714 bits per heavy atom. The molecule has 0 saturated heterocycles. The zero-order valence-electron chi connectivity index (χ0n) is 15.6. The van der Waals surface area contributed by atoms with E-state index in [9.17, 15) is 4.79 Å². The summed E-state index contributed by atoms with van der Waals surface area (Å²) in [4.78, 5) is 12.5. The van der Waals surface area contributed by atoms with E-state index in [1.165, 1.54) is 10.9 Å². The van der Waals surface area contributed by atoms with Gasteiger partial charge in [0.25, 0.3) is 0 Å². The molecule has 1 amide bonds. The molecule has 0 unspecified atom stereocenters. The largest absolute Gasteiger partial charge is 0.376 e. The Labute approximate surface area is 165 Å². The Morgan fingerprint density at radius 2 is 1.43 bits per heavy atom. The first kappa shape index (κ1) is 17.8. The number of nitrogens with one attached hydrogen (secondary N) is 2. The summed E-state index contributed by atoms with van der Waals surface area (Å²) in [6.45, 7) is 0.220. The van der Waals surface area contributed by atoms with Gasteiger partial charge in [-0.25, -0.2) is 0 Å². The van der Waals surface area contributed by atoms with Gasteiger partial charge in [0.05, 0.1) is 6.54 Å². The van der Waals surface area contributed by atoms with E-state index < -0.39 is 0 Å². The lowest BCUT2D eigenvalue weighted by Gasteiger charge is -2.12. The molecule has 0 fully saturated rings. The Balaban J connectivity index is 1.41. The molecule has 0 radical (unpaired) electrons. The van der Waals surface area contributed by atoms with Gasteiger partial charge in [-0.15, -0.1) is 0 Å². The third kappa shape index (κ3) is 4.38. The standard InChI is InChI=1S/C25H22N2O/c28-25(18-26-23-15-14-20-10-4-5-11-21(20)17-23)27-24-13-7-6-12-22(24)16-19-8-2-1-3-9-19/h1-15,17,26H,16,18H2,(H,27,28). The molecule has 0 aromatic heterocycles. The number of para-hydroxylation sites is 1. The maximum absolute atomic E-state index is 12.5. The topological polar surface area (TPSA) is 41.1 Å². The lowest BCUT2D eigenvalue weighted by Crippen LogP contribution is -2.22. The molecule has 0 bridgehead atoms. The van der Waals surface area contributed by atoms with Crippen molar-refractivity contribution >= 4 is 28.1 Å². The first-order valence-corrected chi connectivity index (χ1v) is 9.42. The number of rotatable bonds is 6. The van der Waals surface area contributed by atoms with Crippen LogP contribution in [0, 0.1) is 0 Å². The van der Waals surface area contributed by atoms with Crippen LogP contribution >= 0.6 is 0 Å². The molecule has 0 aliphatic carbocycles. The number of anilines is 2. The van der Waals surface area contributed by atoms with Gasteiger partial charge in [0.2, 0.25) is 5.91 Å². The van der Waals surface area contributed by atoms with E-state index in [1.54, 1.807) is 0 Å². The van der Waals surface area contributed by atoms with E-state index in [4.69, 9.17) is 0 Å². The molecule has 4 aromatic carbocycles. The molecule has 3 heteroatoms. The van der Waals surface area contributed by atoms with Gasteiger partial charge >= 0.3 is 0 Å². The lowest BCUT2D eigenvalue weighted by atomic mass is 10.0. The maximum Gasteiger partial charge on any atom is 0.243 e. The lowest BCUT2D eigenvalue weighted by molar-refractivity contribution is -0.114. The minimum atomic E-state index is -0.0614. The number of carbonyl (C=O) groups is 1. The van der Waals surface area contributed by atoms with Gasteiger partial charge in [-0.1, -0.05) is 78.9 Å². The van der Waals surface area contributed by atoms with Crippen molar-refractivity contribution in [3.05, 3.63) is 108 Å². The van der Waals surface area contributed by atoms with Gasteiger partial charge in [-0.2, -0.15) is 0 Å². The van der Waals surface area contributed by atoms with Crippen LogP contribution in [0.2, 0.25) is 0 Å². The third-order valence-electron chi connectivity index (χ3n) is 4.73. The van der Waals surface area contributed by atoms with Crippen LogP contribution in [-0.4, -0.2) is 12.5 Å². The van der Waals surface area contributed by atoms with Crippen LogP contribution in [0.5, 0.6) is 0 Å². The van der Waals surface area contributed by atoms with Crippen molar-refractivity contribution in [1.82, 2.24) is 0 Å². The molecule has 0 atom stereocenters. The highest BCUT2D eigenvalue weighted by molar-refractivity contribution is 5.95. The smallest absolute Gasteiger partial charge is 0.243 e. The van der Waals surface area contributed by atoms with Crippen molar-refractivity contribution in [1.29, 1.82) is 0 Å². The first-order chi connectivity index (χ1) is 13.8. The van der Waals surface area contributed by atoms with Crippen LogP contribution in [0.15, 0.2) is 97.1 Å². The Hall–Kier alpha value is -3.59. The fourth-order valence-electron chi connectivity index (χ4n) is 3.29. The number of fused-ring (bicyclic) bond motifs is 1. The molecule has 4 aromatic rings. The SMILES string of the molecule is O=C(CNc1ccc2ccccc2c1)Nc1ccccc1Cc1ccccc1. The Bertz CT molecular complexity index is 1090. The van der Waals surface area contributed by atoms with Gasteiger partial charge in [0, 0.05) is 11.4 Å². The molecule has 0 aliphatic heterocycles. The highest BCUT2D eigenvalue weighted by Gasteiger charge is 2.07. The van der Waals surface area contributed by atoms with Gasteiger partial charge in [-0.3, -0.25) is 4.79 Å². The van der Waals surface area contributed by atoms with Crippen LogP contribution in [0.3, 0.4) is 0 Å². The third-order valence-corrected chi connectivity index (χ3v) is 4.73. The second-order valence-corrected chi connectivity index (χ2v) is 6.78. The van der Waals surface area contributed by atoms with Crippen LogP contribution < -0.4 is 10.6 Å². The summed E-state index contributed by atoms with van der Waals surface area (Å²) in [6, 6.07) is 32.5. The second kappa shape index (κ2) is 8.40. The molecule has 138 valence electrons. The summed E-state index contributed by atoms with van der Waals surface area (Å²) in [5.41, 5.74) is 4.12. The minimum absolute atomic E-state index is 0.0614. The molecule has 0 aliphatic rings. The summed E-state index contributed by atoms with van der Waals surface area (Å²) >= 11 is 0. The minimum Gasteiger partial charge on any atom is -0.376 e. The summed E-state index contributed by atoms with van der Waals surface area (Å²) in [5.74, 6) is -0.0614. The Kier molecular flexibility index (Phi) is 5.34. The normalized spacial score (nSPS) is 10.6. The number of hydrogen-bond donors (Lipinski definition) is 2. The van der Waals surface area contributed by atoms with E-state index >= 15 is 0 Å². The van der Waals surface area contributed by atoms with Crippen molar-refractivity contribution < 1.29 is 4.79 Å². The first-order valence-electron chi connectivity index (χ1n) is 9.42. The number of carbonyl (C=O) groups excluding carboxylic acids is 1. The number of amides is 1. The highest BCUT2D eigenvalue weighted by Crippen LogP contribution is 2.20. The molecular formula is C25H22N2O. The van der Waals surface area contributed by atoms with E-state index in [0.29, 0.717) is 0 Å².